The summed E-state index contributed by atoms with van der Waals surface area (Å²) in [6.07, 6.45) is 0.657. The maximum absolute atomic E-state index is 10.5. The number of thiophene rings is 1. The summed E-state index contributed by atoms with van der Waals surface area (Å²) >= 11 is 3.95. The fourth-order valence-corrected chi connectivity index (χ4v) is 3.08. The summed E-state index contributed by atoms with van der Waals surface area (Å²) in [6, 6.07) is 12.4. The molecule has 0 bridgehead atoms. The van der Waals surface area contributed by atoms with Gasteiger partial charge >= 0.3 is 0 Å². The molecule has 0 fully saturated rings. The second-order valence-electron chi connectivity index (χ2n) is 4.49. The van der Waals surface area contributed by atoms with E-state index in [4.69, 9.17) is 0 Å². The average molecular weight is 358 g/mol. The second kappa shape index (κ2) is 5.08. The van der Waals surface area contributed by atoms with Crippen LogP contribution in [0.15, 0.2) is 36.4 Å². The standard InChI is InChI=1S/C14H15IOS/c1-10-3-8-13(17-10)14(2,16)9-11-4-6-12(15)7-5-11/h3-8,16H,9H2,1-2H3. The van der Waals surface area contributed by atoms with Gasteiger partial charge in [0.25, 0.3) is 0 Å². The Labute approximate surface area is 120 Å². The van der Waals surface area contributed by atoms with Crippen LogP contribution in [0, 0.1) is 10.5 Å². The number of hydrogen-bond donors (Lipinski definition) is 1. The minimum atomic E-state index is -0.772. The summed E-state index contributed by atoms with van der Waals surface area (Å²) in [7, 11) is 0. The second-order valence-corrected chi connectivity index (χ2v) is 7.02. The van der Waals surface area contributed by atoms with E-state index in [1.54, 1.807) is 11.3 Å². The fraction of sp³-hybridized carbons (Fsp3) is 0.286. The molecule has 2 rings (SSSR count). The van der Waals surface area contributed by atoms with Crippen molar-refractivity contribution in [2.45, 2.75) is 25.9 Å². The molecule has 3 heteroatoms. The Bertz CT molecular complexity index is 499. The van der Waals surface area contributed by atoms with E-state index in [0.29, 0.717) is 6.42 Å². The molecule has 0 amide bonds. The molecular weight excluding hydrogens is 343 g/mol. The number of aliphatic hydroxyl groups is 1. The molecule has 1 atom stereocenters. The molecule has 1 nitrogen and oxygen atoms in total. The first-order valence-corrected chi connectivity index (χ1v) is 7.41. The van der Waals surface area contributed by atoms with Gasteiger partial charge in [-0.05, 0) is 66.3 Å². The smallest absolute Gasteiger partial charge is 0.1000 e. The summed E-state index contributed by atoms with van der Waals surface area (Å²) < 4.78 is 1.22. The van der Waals surface area contributed by atoms with Gasteiger partial charge in [-0.2, -0.15) is 0 Å². The van der Waals surface area contributed by atoms with Gasteiger partial charge in [-0.3, -0.25) is 0 Å². The van der Waals surface area contributed by atoms with Crippen LogP contribution in [0.25, 0.3) is 0 Å². The molecule has 0 saturated heterocycles. The molecule has 1 aromatic carbocycles. The van der Waals surface area contributed by atoms with Crippen LogP contribution in [0.2, 0.25) is 0 Å². The molecule has 1 heterocycles. The van der Waals surface area contributed by atoms with E-state index in [-0.39, 0.29) is 0 Å². The third-order valence-corrected chi connectivity index (χ3v) is 4.71. The number of hydrogen-bond acceptors (Lipinski definition) is 2. The Morgan fingerprint density at radius 2 is 1.82 bits per heavy atom. The van der Waals surface area contributed by atoms with E-state index in [0.717, 1.165) is 4.88 Å². The first kappa shape index (κ1) is 13.1. The summed E-state index contributed by atoms with van der Waals surface area (Å²) in [5, 5.41) is 10.5. The van der Waals surface area contributed by atoms with E-state index < -0.39 is 5.60 Å². The minimum absolute atomic E-state index is 0.657. The largest absolute Gasteiger partial charge is 0.384 e. The van der Waals surface area contributed by atoms with Gasteiger partial charge < -0.3 is 5.11 Å². The monoisotopic (exact) mass is 358 g/mol. The maximum Gasteiger partial charge on any atom is 0.1000 e. The molecular formula is C14H15IOS. The summed E-state index contributed by atoms with van der Waals surface area (Å²) in [5.41, 5.74) is 0.396. The topological polar surface area (TPSA) is 20.2 Å². The fourth-order valence-electron chi connectivity index (χ4n) is 1.81. The predicted octanol–water partition coefficient (Wildman–Crippen LogP) is 4.11. The minimum Gasteiger partial charge on any atom is -0.384 e. The Balaban J connectivity index is 2.19. The van der Waals surface area contributed by atoms with Gasteiger partial charge in [-0.25, -0.2) is 0 Å². The lowest BCUT2D eigenvalue weighted by molar-refractivity contribution is 0.0615. The summed E-state index contributed by atoms with van der Waals surface area (Å²) in [5.74, 6) is 0. The number of rotatable bonds is 3. The first-order valence-electron chi connectivity index (χ1n) is 5.51. The van der Waals surface area contributed by atoms with E-state index in [2.05, 4.69) is 59.8 Å². The lowest BCUT2D eigenvalue weighted by Crippen LogP contribution is -2.22. The van der Waals surface area contributed by atoms with Crippen molar-refractivity contribution in [3.63, 3.8) is 0 Å². The van der Waals surface area contributed by atoms with E-state index in [1.807, 2.05) is 13.0 Å². The SMILES string of the molecule is Cc1ccc(C(C)(O)Cc2ccc(I)cc2)s1. The van der Waals surface area contributed by atoms with E-state index in [9.17, 15) is 5.11 Å². The van der Waals surface area contributed by atoms with Gasteiger partial charge in [0.2, 0.25) is 0 Å². The van der Waals surface area contributed by atoms with Crippen molar-refractivity contribution in [2.24, 2.45) is 0 Å². The number of halogens is 1. The van der Waals surface area contributed by atoms with Gasteiger partial charge in [0.15, 0.2) is 0 Å². The lowest BCUT2D eigenvalue weighted by atomic mass is 9.95. The molecule has 0 spiro atoms. The number of aryl methyl sites for hydroxylation is 1. The van der Waals surface area contributed by atoms with Crippen molar-refractivity contribution < 1.29 is 5.11 Å². The maximum atomic E-state index is 10.5. The van der Waals surface area contributed by atoms with Crippen LogP contribution in [-0.4, -0.2) is 5.11 Å². The van der Waals surface area contributed by atoms with Crippen LogP contribution < -0.4 is 0 Å². The molecule has 0 aliphatic rings. The molecule has 17 heavy (non-hydrogen) atoms. The third-order valence-electron chi connectivity index (χ3n) is 2.73. The molecule has 90 valence electrons. The Morgan fingerprint density at radius 3 is 2.35 bits per heavy atom. The van der Waals surface area contributed by atoms with Crippen molar-refractivity contribution in [2.75, 3.05) is 0 Å². The van der Waals surface area contributed by atoms with Crippen LogP contribution >= 0.6 is 33.9 Å². The van der Waals surface area contributed by atoms with E-state index >= 15 is 0 Å². The number of benzene rings is 1. The van der Waals surface area contributed by atoms with Crippen LogP contribution in [0.4, 0.5) is 0 Å². The van der Waals surface area contributed by atoms with Crippen LogP contribution in [0.1, 0.15) is 22.2 Å². The predicted molar refractivity (Wildman–Crippen MR) is 81.5 cm³/mol. The molecule has 0 saturated carbocycles. The third kappa shape index (κ3) is 3.30. The summed E-state index contributed by atoms with van der Waals surface area (Å²) in [6.45, 7) is 3.95. The molecule has 0 aliphatic carbocycles. The first-order chi connectivity index (χ1) is 7.97. The average Bonchev–Trinajstić information content (AvgIpc) is 2.69. The zero-order valence-corrected chi connectivity index (χ0v) is 12.9. The Hall–Kier alpha value is -0.390. The zero-order chi connectivity index (χ0) is 12.5. The normalized spacial score (nSPS) is 14.6. The van der Waals surface area contributed by atoms with E-state index in [1.165, 1.54) is 14.0 Å². The van der Waals surface area contributed by atoms with Gasteiger partial charge in [0.05, 0.1) is 5.60 Å². The zero-order valence-electron chi connectivity index (χ0n) is 9.90. The van der Waals surface area contributed by atoms with Crippen LogP contribution in [-0.2, 0) is 12.0 Å². The van der Waals surface area contributed by atoms with Crippen LogP contribution in [0.5, 0.6) is 0 Å². The van der Waals surface area contributed by atoms with Gasteiger partial charge in [-0.15, -0.1) is 11.3 Å². The highest BCUT2D eigenvalue weighted by atomic mass is 127. The highest BCUT2D eigenvalue weighted by molar-refractivity contribution is 14.1. The Morgan fingerprint density at radius 1 is 1.18 bits per heavy atom. The van der Waals surface area contributed by atoms with Crippen molar-refractivity contribution in [3.8, 4) is 0 Å². The van der Waals surface area contributed by atoms with Crippen molar-refractivity contribution >= 4 is 33.9 Å². The van der Waals surface area contributed by atoms with Crippen molar-refractivity contribution in [3.05, 3.63) is 55.3 Å². The summed E-state index contributed by atoms with van der Waals surface area (Å²) in [4.78, 5) is 2.27. The molecule has 0 radical (unpaired) electrons. The lowest BCUT2D eigenvalue weighted by Gasteiger charge is -2.22. The van der Waals surface area contributed by atoms with Crippen molar-refractivity contribution in [1.82, 2.24) is 0 Å². The molecule has 1 unspecified atom stereocenters. The molecule has 1 aromatic heterocycles. The molecule has 2 aromatic rings. The highest BCUT2D eigenvalue weighted by Crippen LogP contribution is 2.31. The van der Waals surface area contributed by atoms with Gasteiger partial charge in [0.1, 0.15) is 0 Å². The van der Waals surface area contributed by atoms with Gasteiger partial charge in [-0.1, -0.05) is 12.1 Å². The van der Waals surface area contributed by atoms with Crippen molar-refractivity contribution in [1.29, 1.82) is 0 Å². The van der Waals surface area contributed by atoms with Gasteiger partial charge in [0, 0.05) is 19.7 Å². The van der Waals surface area contributed by atoms with Crippen LogP contribution in [0.3, 0.4) is 0 Å². The highest BCUT2D eigenvalue weighted by Gasteiger charge is 2.25. The Kier molecular flexibility index (Phi) is 3.90. The molecule has 0 aliphatic heterocycles. The molecule has 1 N–H and O–H groups in total. The quantitative estimate of drug-likeness (QED) is 0.819.